The average molecular weight is 285 g/mol. The highest BCUT2D eigenvalue weighted by molar-refractivity contribution is 7.16. The van der Waals surface area contributed by atoms with Crippen LogP contribution in [0.5, 0.6) is 11.5 Å². The number of phenols is 1. The molecule has 1 aromatic heterocycles. The van der Waals surface area contributed by atoms with Crippen LogP contribution >= 0.6 is 22.9 Å². The lowest BCUT2D eigenvalue weighted by atomic mass is 10.1. The molecule has 0 aliphatic heterocycles. The van der Waals surface area contributed by atoms with E-state index in [0.717, 1.165) is 4.88 Å². The molecule has 18 heavy (non-hydrogen) atoms. The molecule has 0 radical (unpaired) electrons. The summed E-state index contributed by atoms with van der Waals surface area (Å²) in [6, 6.07) is 10.3. The third-order valence-electron chi connectivity index (χ3n) is 2.49. The number of halogens is 1. The van der Waals surface area contributed by atoms with Gasteiger partial charge < -0.3 is 14.9 Å². The molecule has 1 unspecified atom stereocenters. The molecule has 5 heteroatoms. The van der Waals surface area contributed by atoms with Crippen molar-refractivity contribution in [2.75, 3.05) is 13.2 Å². The number of aromatic hydroxyl groups is 1. The Bertz CT molecular complexity index is 512. The fourth-order valence-electron chi connectivity index (χ4n) is 1.54. The number of aliphatic hydroxyl groups is 1. The summed E-state index contributed by atoms with van der Waals surface area (Å²) in [6.45, 7) is 0.340. The van der Waals surface area contributed by atoms with Crippen LogP contribution in [0.3, 0.4) is 0 Å². The maximum absolute atomic E-state index is 9.36. The summed E-state index contributed by atoms with van der Waals surface area (Å²) in [5.41, 5.74) is 0. The van der Waals surface area contributed by atoms with Gasteiger partial charge in [-0.3, -0.25) is 0 Å². The zero-order valence-electron chi connectivity index (χ0n) is 9.54. The molecular formula is C13H13ClO3S. The Morgan fingerprint density at radius 2 is 2.11 bits per heavy atom. The molecule has 96 valence electrons. The fraction of sp³-hybridized carbons (Fsp3) is 0.231. The van der Waals surface area contributed by atoms with Gasteiger partial charge in [0.2, 0.25) is 0 Å². The Labute approximate surface area is 114 Å². The number of ether oxygens (including phenoxy) is 1. The number of hydrogen-bond acceptors (Lipinski definition) is 4. The van der Waals surface area contributed by atoms with Crippen LogP contribution in [0.25, 0.3) is 0 Å². The molecule has 1 atom stereocenters. The van der Waals surface area contributed by atoms with Gasteiger partial charge in [0, 0.05) is 10.9 Å². The smallest absolute Gasteiger partial charge is 0.123 e. The van der Waals surface area contributed by atoms with Gasteiger partial charge in [0.1, 0.15) is 11.5 Å². The molecule has 1 aromatic carbocycles. The predicted octanol–water partition coefficient (Wildman–Crippen LogP) is 3.26. The minimum atomic E-state index is -0.107. The van der Waals surface area contributed by atoms with Gasteiger partial charge >= 0.3 is 0 Å². The summed E-state index contributed by atoms with van der Waals surface area (Å²) < 4.78 is 6.24. The molecule has 0 aliphatic rings. The molecule has 0 saturated carbocycles. The summed E-state index contributed by atoms with van der Waals surface area (Å²) >= 11 is 7.30. The van der Waals surface area contributed by atoms with Crippen LogP contribution < -0.4 is 4.74 Å². The van der Waals surface area contributed by atoms with Crippen molar-refractivity contribution >= 4 is 22.9 Å². The molecular weight excluding hydrogens is 272 g/mol. The lowest BCUT2D eigenvalue weighted by molar-refractivity contribution is 0.206. The number of hydrogen-bond donors (Lipinski definition) is 2. The molecule has 2 aromatic rings. The van der Waals surface area contributed by atoms with Crippen LogP contribution in [0.15, 0.2) is 36.4 Å². The maximum Gasteiger partial charge on any atom is 0.123 e. The largest absolute Gasteiger partial charge is 0.508 e. The zero-order chi connectivity index (χ0) is 13.0. The van der Waals surface area contributed by atoms with E-state index in [1.54, 1.807) is 24.3 Å². The molecule has 0 bridgehead atoms. The van der Waals surface area contributed by atoms with E-state index in [1.807, 2.05) is 6.07 Å². The van der Waals surface area contributed by atoms with E-state index in [2.05, 4.69) is 0 Å². The third kappa shape index (κ3) is 3.38. The monoisotopic (exact) mass is 284 g/mol. The van der Waals surface area contributed by atoms with Crippen molar-refractivity contribution in [1.82, 2.24) is 0 Å². The third-order valence-corrected chi connectivity index (χ3v) is 3.88. The van der Waals surface area contributed by atoms with E-state index >= 15 is 0 Å². The van der Waals surface area contributed by atoms with Crippen LogP contribution in [0.2, 0.25) is 4.34 Å². The second-order valence-corrected chi connectivity index (χ2v) is 5.58. The van der Waals surface area contributed by atoms with Crippen LogP contribution in [0.4, 0.5) is 0 Å². The van der Waals surface area contributed by atoms with Gasteiger partial charge in [0.15, 0.2) is 0 Å². The van der Waals surface area contributed by atoms with E-state index in [-0.39, 0.29) is 18.3 Å². The average Bonchev–Trinajstić information content (AvgIpc) is 2.77. The number of rotatable bonds is 5. The molecule has 2 N–H and O–H groups in total. The van der Waals surface area contributed by atoms with E-state index in [4.69, 9.17) is 16.3 Å². The van der Waals surface area contributed by atoms with Crippen LogP contribution in [-0.2, 0) is 0 Å². The first kappa shape index (κ1) is 13.2. The molecule has 0 amide bonds. The van der Waals surface area contributed by atoms with E-state index in [1.165, 1.54) is 17.4 Å². The quantitative estimate of drug-likeness (QED) is 0.886. The van der Waals surface area contributed by atoms with Gasteiger partial charge in [-0.25, -0.2) is 0 Å². The Morgan fingerprint density at radius 3 is 2.72 bits per heavy atom. The highest BCUT2D eigenvalue weighted by atomic mass is 35.5. The number of benzene rings is 1. The summed E-state index contributed by atoms with van der Waals surface area (Å²) in [4.78, 5) is 0.989. The van der Waals surface area contributed by atoms with E-state index < -0.39 is 0 Å². The van der Waals surface area contributed by atoms with Crippen molar-refractivity contribution in [2.24, 2.45) is 0 Å². The van der Waals surface area contributed by atoms with Crippen LogP contribution in [0, 0.1) is 0 Å². The Kier molecular flexibility index (Phi) is 4.47. The van der Waals surface area contributed by atoms with E-state index in [9.17, 15) is 10.2 Å². The number of aliphatic hydroxyl groups excluding tert-OH is 1. The van der Waals surface area contributed by atoms with Gasteiger partial charge in [-0.05, 0) is 24.3 Å². The minimum Gasteiger partial charge on any atom is -0.508 e. The topological polar surface area (TPSA) is 49.7 Å². The second kappa shape index (κ2) is 6.09. The highest BCUT2D eigenvalue weighted by Gasteiger charge is 2.14. The lowest BCUT2D eigenvalue weighted by Gasteiger charge is -2.13. The van der Waals surface area contributed by atoms with Crippen LogP contribution in [0.1, 0.15) is 10.8 Å². The van der Waals surface area contributed by atoms with Crippen molar-refractivity contribution in [1.29, 1.82) is 0 Å². The molecule has 1 heterocycles. The Hall–Kier alpha value is -1.23. The van der Waals surface area contributed by atoms with Crippen molar-refractivity contribution in [3.05, 3.63) is 45.6 Å². The Morgan fingerprint density at radius 1 is 1.28 bits per heavy atom. The van der Waals surface area contributed by atoms with Crippen LogP contribution in [-0.4, -0.2) is 23.4 Å². The van der Waals surface area contributed by atoms with Gasteiger partial charge in [-0.15, -0.1) is 11.3 Å². The molecule has 2 rings (SSSR count). The summed E-state index contributed by atoms with van der Waals surface area (Å²) in [5.74, 6) is 0.633. The molecule has 0 fully saturated rings. The molecule has 0 spiro atoms. The van der Waals surface area contributed by atoms with Gasteiger partial charge in [0.05, 0.1) is 23.5 Å². The van der Waals surface area contributed by atoms with Crippen molar-refractivity contribution in [3.8, 4) is 11.5 Å². The lowest BCUT2D eigenvalue weighted by Crippen LogP contribution is -2.12. The Balaban J connectivity index is 1.99. The maximum atomic E-state index is 9.36. The standard InChI is InChI=1S/C13H13ClO3S/c14-13-5-4-12(18-13)9(7-15)8-17-11-3-1-2-10(16)6-11/h1-6,9,15-16H,7-8H2. The summed E-state index contributed by atoms with van der Waals surface area (Å²) in [6.07, 6.45) is 0. The molecule has 0 aliphatic carbocycles. The van der Waals surface area contributed by atoms with Gasteiger partial charge in [-0.1, -0.05) is 17.7 Å². The summed E-state index contributed by atoms with van der Waals surface area (Å²) in [5, 5.41) is 18.7. The fourth-order valence-corrected chi connectivity index (χ4v) is 2.68. The zero-order valence-corrected chi connectivity index (χ0v) is 11.1. The number of phenolic OH excluding ortho intramolecular Hbond substituents is 1. The van der Waals surface area contributed by atoms with Crippen molar-refractivity contribution in [3.63, 3.8) is 0 Å². The van der Waals surface area contributed by atoms with E-state index in [0.29, 0.717) is 16.7 Å². The first-order chi connectivity index (χ1) is 8.69. The van der Waals surface area contributed by atoms with Crippen molar-refractivity contribution < 1.29 is 14.9 Å². The van der Waals surface area contributed by atoms with Gasteiger partial charge in [0.25, 0.3) is 0 Å². The highest BCUT2D eigenvalue weighted by Crippen LogP contribution is 2.29. The second-order valence-electron chi connectivity index (χ2n) is 3.83. The first-order valence-corrected chi connectivity index (χ1v) is 6.66. The van der Waals surface area contributed by atoms with Crippen molar-refractivity contribution in [2.45, 2.75) is 5.92 Å². The predicted molar refractivity (Wildman–Crippen MR) is 72.8 cm³/mol. The normalized spacial score (nSPS) is 12.3. The molecule has 0 saturated heterocycles. The first-order valence-electron chi connectivity index (χ1n) is 5.47. The SMILES string of the molecule is OCC(COc1cccc(O)c1)c1ccc(Cl)s1. The minimum absolute atomic E-state index is 0.00431. The number of thiophene rings is 1. The molecule has 3 nitrogen and oxygen atoms in total. The summed E-state index contributed by atoms with van der Waals surface area (Å²) in [7, 11) is 0. The van der Waals surface area contributed by atoms with Gasteiger partial charge in [-0.2, -0.15) is 0 Å².